The number of pyridine rings is 1. The first-order valence-electron chi connectivity index (χ1n) is 6.30. The summed E-state index contributed by atoms with van der Waals surface area (Å²) >= 11 is 0. The van der Waals surface area contributed by atoms with Crippen LogP contribution in [-0.4, -0.2) is 14.9 Å². The van der Waals surface area contributed by atoms with Crippen LogP contribution >= 0.6 is 0 Å². The van der Waals surface area contributed by atoms with Crippen LogP contribution in [0.1, 0.15) is 36.2 Å². The van der Waals surface area contributed by atoms with E-state index in [1.54, 1.807) is 0 Å². The summed E-state index contributed by atoms with van der Waals surface area (Å²) in [7, 11) is 0. The fourth-order valence-corrected chi connectivity index (χ4v) is 2.33. The topological polar surface area (TPSA) is 43.3 Å². The van der Waals surface area contributed by atoms with Crippen LogP contribution in [0.5, 0.6) is 0 Å². The maximum atomic E-state index is 6.13. The molecular weight excluding hydrogens is 210 g/mol. The Hall–Kier alpha value is -1.35. The summed E-state index contributed by atoms with van der Waals surface area (Å²) in [5, 5.41) is 0. The molecule has 0 saturated heterocycles. The molecule has 90 valence electrons. The monoisotopic (exact) mass is 229 g/mol. The van der Waals surface area contributed by atoms with E-state index in [0.29, 0.717) is 0 Å². The van der Waals surface area contributed by atoms with E-state index < -0.39 is 0 Å². The number of hydrogen-bond acceptors (Lipinski definition) is 2. The van der Waals surface area contributed by atoms with Gasteiger partial charge in [-0.25, -0.2) is 4.98 Å². The predicted molar refractivity (Wildman–Crippen MR) is 69.1 cm³/mol. The smallest absolute Gasteiger partial charge is 0.137 e. The number of aryl methyl sites for hydroxylation is 3. The van der Waals surface area contributed by atoms with Crippen LogP contribution < -0.4 is 5.73 Å². The third-order valence-corrected chi connectivity index (χ3v) is 3.87. The average Bonchev–Trinajstić information content (AvgIpc) is 2.94. The molecule has 1 aliphatic carbocycles. The van der Waals surface area contributed by atoms with Crippen molar-refractivity contribution in [1.29, 1.82) is 0 Å². The van der Waals surface area contributed by atoms with Gasteiger partial charge in [0.2, 0.25) is 0 Å². The molecule has 3 rings (SSSR count). The third kappa shape index (κ3) is 1.95. The van der Waals surface area contributed by atoms with Crippen molar-refractivity contribution in [2.45, 2.75) is 45.1 Å². The highest BCUT2D eigenvalue weighted by atomic mass is 15.0. The summed E-state index contributed by atoms with van der Waals surface area (Å²) in [5.74, 6) is 0. The van der Waals surface area contributed by atoms with E-state index in [2.05, 4.69) is 36.6 Å². The molecule has 0 atom stereocenters. The molecule has 0 aromatic carbocycles. The molecule has 0 spiro atoms. The predicted octanol–water partition coefficient (Wildman–Crippen LogP) is 2.38. The Morgan fingerprint density at radius 2 is 2.18 bits per heavy atom. The zero-order chi connectivity index (χ0) is 12.0. The highest BCUT2D eigenvalue weighted by Crippen LogP contribution is 2.36. The van der Waals surface area contributed by atoms with E-state index in [1.807, 2.05) is 0 Å². The Kier molecular flexibility index (Phi) is 2.26. The number of imidazole rings is 1. The van der Waals surface area contributed by atoms with E-state index in [-0.39, 0.29) is 5.54 Å². The fraction of sp³-hybridized carbons (Fsp3) is 0.500. The molecule has 2 heterocycles. The van der Waals surface area contributed by atoms with E-state index in [9.17, 15) is 0 Å². The van der Waals surface area contributed by atoms with E-state index in [4.69, 9.17) is 10.7 Å². The molecule has 0 amide bonds. The number of rotatable bonds is 3. The van der Waals surface area contributed by atoms with Crippen molar-refractivity contribution < 1.29 is 0 Å². The molecule has 1 aliphatic rings. The SMILES string of the molecule is Cc1ccn2c(C)c(CCC3(N)CC3)nc2c1. The zero-order valence-electron chi connectivity index (χ0n) is 10.5. The molecule has 2 aromatic heterocycles. The Labute approximate surface area is 102 Å². The van der Waals surface area contributed by atoms with Crippen LogP contribution in [0.3, 0.4) is 0 Å². The minimum Gasteiger partial charge on any atom is -0.325 e. The van der Waals surface area contributed by atoms with Gasteiger partial charge in [0.1, 0.15) is 5.65 Å². The largest absolute Gasteiger partial charge is 0.325 e. The minimum absolute atomic E-state index is 0.123. The molecule has 1 fully saturated rings. The number of nitrogens with zero attached hydrogens (tertiary/aromatic N) is 2. The van der Waals surface area contributed by atoms with Crippen LogP contribution in [0.4, 0.5) is 0 Å². The van der Waals surface area contributed by atoms with Crippen LogP contribution in [0, 0.1) is 13.8 Å². The van der Waals surface area contributed by atoms with Crippen LogP contribution in [-0.2, 0) is 6.42 Å². The standard InChI is InChI=1S/C14H19N3/c1-10-4-8-17-11(2)12(16-13(17)9-10)3-5-14(15)6-7-14/h4,8-9H,3,5-7,15H2,1-2H3. The number of fused-ring (bicyclic) bond motifs is 1. The summed E-state index contributed by atoms with van der Waals surface area (Å²) in [6, 6.07) is 4.25. The van der Waals surface area contributed by atoms with Gasteiger partial charge in [0.25, 0.3) is 0 Å². The van der Waals surface area contributed by atoms with E-state index >= 15 is 0 Å². The van der Waals surface area contributed by atoms with Gasteiger partial charge in [0, 0.05) is 17.4 Å². The first-order chi connectivity index (χ1) is 8.07. The van der Waals surface area contributed by atoms with Crippen molar-refractivity contribution in [3.63, 3.8) is 0 Å². The van der Waals surface area contributed by atoms with Crippen molar-refractivity contribution in [1.82, 2.24) is 9.38 Å². The Bertz CT molecular complexity index is 564. The minimum atomic E-state index is 0.123. The lowest BCUT2D eigenvalue weighted by atomic mass is 10.1. The summed E-state index contributed by atoms with van der Waals surface area (Å²) in [4.78, 5) is 4.71. The number of nitrogens with two attached hydrogens (primary N) is 1. The molecule has 0 bridgehead atoms. The maximum absolute atomic E-state index is 6.13. The second-order valence-corrected chi connectivity index (χ2v) is 5.44. The maximum Gasteiger partial charge on any atom is 0.137 e. The van der Waals surface area contributed by atoms with Crippen molar-refractivity contribution in [2.24, 2.45) is 5.73 Å². The lowest BCUT2D eigenvalue weighted by Gasteiger charge is -2.06. The van der Waals surface area contributed by atoms with E-state index in [0.717, 1.165) is 18.5 Å². The van der Waals surface area contributed by atoms with Gasteiger partial charge in [-0.2, -0.15) is 0 Å². The summed E-state index contributed by atoms with van der Waals surface area (Å²) in [6.45, 7) is 4.24. The molecule has 2 aromatic rings. The molecule has 17 heavy (non-hydrogen) atoms. The lowest BCUT2D eigenvalue weighted by Crippen LogP contribution is -2.22. The molecular formula is C14H19N3. The first-order valence-corrected chi connectivity index (χ1v) is 6.30. The zero-order valence-corrected chi connectivity index (χ0v) is 10.5. The molecule has 0 unspecified atom stereocenters. The van der Waals surface area contributed by atoms with Crippen molar-refractivity contribution in [2.75, 3.05) is 0 Å². The van der Waals surface area contributed by atoms with Gasteiger partial charge in [-0.05, 0) is 57.2 Å². The molecule has 2 N–H and O–H groups in total. The Morgan fingerprint density at radius 1 is 1.41 bits per heavy atom. The summed E-state index contributed by atoms with van der Waals surface area (Å²) < 4.78 is 2.17. The lowest BCUT2D eigenvalue weighted by molar-refractivity contribution is 0.603. The molecule has 1 saturated carbocycles. The van der Waals surface area contributed by atoms with Gasteiger partial charge < -0.3 is 10.1 Å². The van der Waals surface area contributed by atoms with Gasteiger partial charge in [-0.3, -0.25) is 0 Å². The van der Waals surface area contributed by atoms with Gasteiger partial charge in [0.15, 0.2) is 0 Å². The van der Waals surface area contributed by atoms with Crippen molar-refractivity contribution in [3.05, 3.63) is 35.3 Å². The van der Waals surface area contributed by atoms with Gasteiger partial charge in [0.05, 0.1) is 5.69 Å². The highest BCUT2D eigenvalue weighted by Gasteiger charge is 2.37. The van der Waals surface area contributed by atoms with Crippen LogP contribution in [0.25, 0.3) is 5.65 Å². The Morgan fingerprint density at radius 3 is 2.88 bits per heavy atom. The van der Waals surface area contributed by atoms with Gasteiger partial charge >= 0.3 is 0 Å². The van der Waals surface area contributed by atoms with Gasteiger partial charge in [-0.15, -0.1) is 0 Å². The normalized spacial score (nSPS) is 17.6. The van der Waals surface area contributed by atoms with Crippen molar-refractivity contribution in [3.8, 4) is 0 Å². The molecule has 0 aliphatic heterocycles. The van der Waals surface area contributed by atoms with Crippen LogP contribution in [0.2, 0.25) is 0 Å². The van der Waals surface area contributed by atoms with E-state index in [1.165, 1.54) is 29.8 Å². The summed E-state index contributed by atoms with van der Waals surface area (Å²) in [5.41, 5.74) is 11.0. The first kappa shape index (κ1) is 10.8. The van der Waals surface area contributed by atoms with Crippen molar-refractivity contribution >= 4 is 5.65 Å². The second kappa shape index (κ2) is 3.57. The number of hydrogen-bond donors (Lipinski definition) is 1. The number of aromatic nitrogens is 2. The molecule has 0 radical (unpaired) electrons. The summed E-state index contributed by atoms with van der Waals surface area (Å²) in [6.07, 6.45) is 6.53. The Balaban J connectivity index is 1.91. The fourth-order valence-electron chi connectivity index (χ4n) is 2.33. The molecule has 3 nitrogen and oxygen atoms in total. The molecule has 3 heteroatoms. The third-order valence-electron chi connectivity index (χ3n) is 3.87. The second-order valence-electron chi connectivity index (χ2n) is 5.44. The quantitative estimate of drug-likeness (QED) is 0.878. The highest BCUT2D eigenvalue weighted by molar-refractivity contribution is 5.45. The van der Waals surface area contributed by atoms with Crippen LogP contribution in [0.15, 0.2) is 18.3 Å². The van der Waals surface area contributed by atoms with Gasteiger partial charge in [-0.1, -0.05) is 0 Å². The average molecular weight is 229 g/mol.